The van der Waals surface area contributed by atoms with Gasteiger partial charge in [0, 0.05) is 11.9 Å². The van der Waals surface area contributed by atoms with Gasteiger partial charge in [0.2, 0.25) is 4.80 Å². The summed E-state index contributed by atoms with van der Waals surface area (Å²) in [5, 5.41) is 0. The molecule has 5 nitrogen and oxygen atoms in total. The summed E-state index contributed by atoms with van der Waals surface area (Å²) in [6.07, 6.45) is 0. The minimum atomic E-state index is -3.75. The highest BCUT2D eigenvalue weighted by Crippen LogP contribution is 2.26. The minimum absolute atomic E-state index is 0.195. The number of ether oxygens (including phenoxy) is 1. The molecule has 26 heavy (non-hydrogen) atoms. The first-order valence-electron chi connectivity index (χ1n) is 8.00. The molecule has 0 aliphatic rings. The van der Waals surface area contributed by atoms with Crippen LogP contribution in [-0.4, -0.2) is 20.1 Å². The molecule has 0 saturated heterocycles. The third-order valence-corrected chi connectivity index (χ3v) is 6.52. The summed E-state index contributed by atoms with van der Waals surface area (Å²) in [6, 6.07) is 14.4. The van der Waals surface area contributed by atoms with Gasteiger partial charge in [-0.05, 0) is 55.8 Å². The molecule has 7 heteroatoms. The predicted molar refractivity (Wildman–Crippen MR) is 104 cm³/mol. The highest BCUT2D eigenvalue weighted by Gasteiger charge is 2.15. The molecule has 0 unspecified atom stereocenters. The van der Waals surface area contributed by atoms with E-state index < -0.39 is 10.0 Å². The molecule has 0 N–H and O–H groups in total. The van der Waals surface area contributed by atoms with Gasteiger partial charge in [-0.15, -0.1) is 15.7 Å². The fourth-order valence-electron chi connectivity index (χ4n) is 2.68. The van der Waals surface area contributed by atoms with Crippen LogP contribution in [0.1, 0.15) is 10.4 Å². The summed E-state index contributed by atoms with van der Waals surface area (Å²) >= 11 is 1.36. The van der Waals surface area contributed by atoms with Gasteiger partial charge in [0.15, 0.2) is 0 Å². The summed E-state index contributed by atoms with van der Waals surface area (Å²) in [4.78, 5) is 1.63. The van der Waals surface area contributed by atoms with Gasteiger partial charge in [-0.1, -0.05) is 17.7 Å². The fraction of sp³-hybridized carbons (Fsp3) is 0.211. The number of hydrogen-bond donors (Lipinski definition) is 0. The van der Waals surface area contributed by atoms with Crippen LogP contribution >= 0.6 is 11.3 Å². The zero-order valence-electron chi connectivity index (χ0n) is 15.1. The van der Waals surface area contributed by atoms with Gasteiger partial charge in [0.25, 0.3) is 10.0 Å². The van der Waals surface area contributed by atoms with Crippen molar-refractivity contribution < 1.29 is 13.2 Å². The Labute approximate surface area is 157 Å². The lowest BCUT2D eigenvalue weighted by Gasteiger charge is -2.06. The van der Waals surface area contributed by atoms with Crippen molar-refractivity contribution in [1.82, 2.24) is 4.57 Å². The van der Waals surface area contributed by atoms with E-state index >= 15 is 0 Å². The Morgan fingerprint density at radius 1 is 1.00 bits per heavy atom. The molecule has 0 fully saturated rings. The first kappa shape index (κ1) is 18.4. The van der Waals surface area contributed by atoms with E-state index in [1.165, 1.54) is 11.3 Å². The third kappa shape index (κ3) is 3.59. The molecule has 3 aromatic rings. The summed E-state index contributed by atoms with van der Waals surface area (Å²) < 4.78 is 36.3. The summed E-state index contributed by atoms with van der Waals surface area (Å²) in [5.74, 6) is 0.774. The molecular formula is C19H20N2O3S2. The zero-order chi connectivity index (χ0) is 18.9. The normalized spacial score (nSPS) is 12.4. The van der Waals surface area contributed by atoms with Crippen LogP contribution in [0.4, 0.5) is 0 Å². The number of sulfonamides is 1. The van der Waals surface area contributed by atoms with Gasteiger partial charge >= 0.3 is 0 Å². The maximum absolute atomic E-state index is 12.6. The highest BCUT2D eigenvalue weighted by atomic mass is 32.2. The number of nitrogens with zero attached hydrogens (tertiary/aromatic N) is 2. The molecular weight excluding hydrogens is 368 g/mol. The smallest absolute Gasteiger partial charge is 0.285 e. The Kier molecular flexibility index (Phi) is 5.02. The van der Waals surface area contributed by atoms with Crippen molar-refractivity contribution in [2.45, 2.75) is 18.7 Å². The summed E-state index contributed by atoms with van der Waals surface area (Å²) in [7, 11) is -0.306. The Morgan fingerprint density at radius 3 is 2.19 bits per heavy atom. The van der Waals surface area contributed by atoms with Crippen molar-refractivity contribution in [3.63, 3.8) is 0 Å². The van der Waals surface area contributed by atoms with Gasteiger partial charge < -0.3 is 9.30 Å². The van der Waals surface area contributed by atoms with Crippen molar-refractivity contribution in [1.29, 1.82) is 0 Å². The standard InChI is InChI=1S/C19H20N2O3S2/c1-13-5-11-17(12-6-13)26(22,23)20-19-21(3)18(14(2)25-19)15-7-9-16(24-4)10-8-15/h5-12H,1-4H3. The first-order valence-corrected chi connectivity index (χ1v) is 10.3. The fourth-order valence-corrected chi connectivity index (χ4v) is 4.89. The van der Waals surface area contributed by atoms with E-state index in [4.69, 9.17) is 4.74 Å². The number of hydrogen-bond acceptors (Lipinski definition) is 4. The predicted octanol–water partition coefficient (Wildman–Crippen LogP) is 3.67. The lowest BCUT2D eigenvalue weighted by Crippen LogP contribution is -2.14. The van der Waals surface area contributed by atoms with Crippen LogP contribution in [0, 0.1) is 13.8 Å². The number of rotatable bonds is 4. The molecule has 2 aromatic carbocycles. The average molecular weight is 389 g/mol. The highest BCUT2D eigenvalue weighted by molar-refractivity contribution is 7.90. The molecule has 0 bridgehead atoms. The lowest BCUT2D eigenvalue weighted by atomic mass is 10.1. The molecule has 0 amide bonds. The SMILES string of the molecule is COc1ccc(-c2c(C)sc(=NS(=O)(=O)c3ccc(C)cc3)n2C)cc1. The van der Waals surface area contributed by atoms with Crippen LogP contribution in [-0.2, 0) is 17.1 Å². The van der Waals surface area contributed by atoms with Crippen molar-refractivity contribution in [3.8, 4) is 17.0 Å². The van der Waals surface area contributed by atoms with Gasteiger partial charge in [-0.3, -0.25) is 0 Å². The Hall–Kier alpha value is -2.38. The van der Waals surface area contributed by atoms with Crippen LogP contribution in [0.25, 0.3) is 11.3 Å². The van der Waals surface area contributed by atoms with Crippen LogP contribution in [0.3, 0.4) is 0 Å². The first-order chi connectivity index (χ1) is 12.3. The summed E-state index contributed by atoms with van der Waals surface area (Å²) in [6.45, 7) is 3.87. The van der Waals surface area contributed by atoms with E-state index in [0.717, 1.165) is 27.4 Å². The topological polar surface area (TPSA) is 60.7 Å². The quantitative estimate of drug-likeness (QED) is 0.685. The van der Waals surface area contributed by atoms with Crippen LogP contribution in [0.2, 0.25) is 0 Å². The van der Waals surface area contributed by atoms with Crippen molar-refractivity contribution in [2.24, 2.45) is 11.4 Å². The van der Waals surface area contributed by atoms with Crippen LogP contribution in [0.5, 0.6) is 5.75 Å². The molecule has 0 aliphatic heterocycles. The second-order valence-electron chi connectivity index (χ2n) is 5.96. The number of aryl methyl sites for hydroxylation is 2. The van der Waals surface area contributed by atoms with Crippen molar-refractivity contribution >= 4 is 21.4 Å². The molecule has 0 atom stereocenters. The zero-order valence-corrected chi connectivity index (χ0v) is 16.7. The monoisotopic (exact) mass is 388 g/mol. The van der Waals surface area contributed by atoms with Gasteiger partial charge in [0.05, 0.1) is 17.7 Å². The second kappa shape index (κ2) is 7.09. The Morgan fingerprint density at radius 2 is 1.62 bits per heavy atom. The molecule has 3 rings (SSSR count). The van der Waals surface area contributed by atoms with E-state index in [0.29, 0.717) is 4.80 Å². The Bertz CT molecular complexity index is 1090. The van der Waals surface area contributed by atoms with Crippen LogP contribution < -0.4 is 9.54 Å². The van der Waals surface area contributed by atoms with E-state index in [1.807, 2.05) is 49.7 Å². The number of aromatic nitrogens is 1. The largest absolute Gasteiger partial charge is 0.497 e. The number of benzene rings is 2. The van der Waals surface area contributed by atoms with E-state index in [9.17, 15) is 8.42 Å². The van der Waals surface area contributed by atoms with Crippen LogP contribution in [0.15, 0.2) is 57.8 Å². The molecule has 1 aromatic heterocycles. The van der Waals surface area contributed by atoms with E-state index in [2.05, 4.69) is 4.40 Å². The third-order valence-electron chi connectivity index (χ3n) is 4.08. The molecule has 0 saturated carbocycles. The number of methoxy groups -OCH3 is 1. The van der Waals surface area contributed by atoms with E-state index in [-0.39, 0.29) is 4.90 Å². The second-order valence-corrected chi connectivity index (χ2v) is 8.74. The lowest BCUT2D eigenvalue weighted by molar-refractivity contribution is 0.415. The van der Waals surface area contributed by atoms with Crippen molar-refractivity contribution in [3.05, 3.63) is 63.8 Å². The molecule has 0 spiro atoms. The number of thiazole rings is 1. The molecule has 0 aliphatic carbocycles. The van der Waals surface area contributed by atoms with Gasteiger partial charge in [-0.25, -0.2) is 0 Å². The molecule has 136 valence electrons. The average Bonchev–Trinajstić information content (AvgIpc) is 2.88. The van der Waals surface area contributed by atoms with E-state index in [1.54, 1.807) is 31.4 Å². The van der Waals surface area contributed by atoms with Gasteiger partial charge in [-0.2, -0.15) is 8.42 Å². The molecule has 0 radical (unpaired) electrons. The van der Waals surface area contributed by atoms with Gasteiger partial charge in [0.1, 0.15) is 5.75 Å². The maximum Gasteiger partial charge on any atom is 0.285 e. The Balaban J connectivity index is 2.09. The van der Waals surface area contributed by atoms with Crippen molar-refractivity contribution in [2.75, 3.05) is 7.11 Å². The maximum atomic E-state index is 12.6. The molecule has 1 heterocycles. The summed E-state index contributed by atoms with van der Waals surface area (Å²) in [5.41, 5.74) is 2.93. The minimum Gasteiger partial charge on any atom is -0.497 e.